The van der Waals surface area contributed by atoms with Crippen molar-refractivity contribution < 1.29 is 42.4 Å². The van der Waals surface area contributed by atoms with Crippen molar-refractivity contribution in [1.82, 2.24) is 10.2 Å². The van der Waals surface area contributed by atoms with Gasteiger partial charge in [0.1, 0.15) is 24.4 Å². The zero-order valence-corrected chi connectivity index (χ0v) is 27.5. The summed E-state index contributed by atoms with van der Waals surface area (Å²) >= 11 is 0. The fourth-order valence-corrected chi connectivity index (χ4v) is 7.56. The molecule has 0 bridgehead atoms. The third-order valence-electron chi connectivity index (χ3n) is 9.29. The Morgan fingerprint density at radius 1 is 1.10 bits per heavy atom. The Labute approximate surface area is 249 Å². The predicted molar refractivity (Wildman–Crippen MR) is 156 cm³/mol. The number of hydrogen-bond acceptors (Lipinski definition) is 10. The van der Waals surface area contributed by atoms with Gasteiger partial charge >= 0.3 is 12.1 Å². The number of amides is 1. The largest absolute Gasteiger partial charge is 0.459 e. The molecule has 0 aromatic heterocycles. The van der Waals surface area contributed by atoms with Crippen LogP contribution in [0.4, 0.5) is 4.79 Å². The quantitative estimate of drug-likeness (QED) is 0.362. The van der Waals surface area contributed by atoms with E-state index in [2.05, 4.69) is 39.2 Å². The van der Waals surface area contributed by atoms with Crippen LogP contribution in [-0.4, -0.2) is 81.4 Å². The molecule has 4 aliphatic rings. The first-order chi connectivity index (χ1) is 19.6. The maximum Gasteiger partial charge on any atom is 0.415 e. The number of carbonyl (C=O) groups is 2. The molecule has 1 aromatic carbocycles. The van der Waals surface area contributed by atoms with E-state index in [1.165, 1.54) is 6.92 Å². The lowest BCUT2D eigenvalue weighted by Gasteiger charge is -2.52. The molecular weight excluding hydrogens is 560 g/mol. The van der Waals surface area contributed by atoms with Crippen LogP contribution in [0, 0.1) is 0 Å². The molecule has 1 aromatic rings. The minimum atomic E-state index is -2.38. The van der Waals surface area contributed by atoms with E-state index in [0.29, 0.717) is 36.9 Å². The van der Waals surface area contributed by atoms with E-state index < -0.39 is 50.4 Å². The maximum atomic E-state index is 13.1. The van der Waals surface area contributed by atoms with Gasteiger partial charge in [0.25, 0.3) is 0 Å². The molecule has 1 N–H and O–H groups in total. The second-order valence-electron chi connectivity index (χ2n) is 13.5. The molecule has 234 valence electrons. The van der Waals surface area contributed by atoms with Crippen LogP contribution in [-0.2, 0) is 30.0 Å². The third-order valence-corrected chi connectivity index (χ3v) is 13.8. The zero-order chi connectivity index (χ0) is 30.8. The van der Waals surface area contributed by atoms with Crippen molar-refractivity contribution in [2.45, 2.75) is 122 Å². The molecule has 0 spiro atoms. The number of benzene rings is 1. The number of nitrogens with one attached hydrogen (secondary N) is 1. The maximum absolute atomic E-state index is 13.1. The van der Waals surface area contributed by atoms with Crippen molar-refractivity contribution in [3.63, 3.8) is 0 Å². The van der Waals surface area contributed by atoms with Crippen LogP contribution in [0.15, 0.2) is 6.07 Å². The van der Waals surface area contributed by atoms with E-state index >= 15 is 0 Å². The van der Waals surface area contributed by atoms with Gasteiger partial charge in [0.2, 0.25) is 12.5 Å². The Balaban J connectivity index is 1.66. The normalized spacial score (nSPS) is 29.3. The molecule has 12 heteroatoms. The summed E-state index contributed by atoms with van der Waals surface area (Å²) in [4.78, 5) is 27.4. The molecule has 6 atom stereocenters. The Morgan fingerprint density at radius 3 is 2.38 bits per heavy atom. The predicted octanol–water partition coefficient (Wildman–Crippen LogP) is 4.67. The van der Waals surface area contributed by atoms with Gasteiger partial charge in [-0.05, 0) is 57.5 Å². The lowest BCUT2D eigenvalue weighted by atomic mass is 9.70. The van der Waals surface area contributed by atoms with Gasteiger partial charge in [0, 0.05) is 44.1 Å². The number of fused-ring (bicyclic) bond motifs is 6. The molecular formula is C30H46N2O9Si. The van der Waals surface area contributed by atoms with Gasteiger partial charge < -0.3 is 43.1 Å². The molecule has 0 unspecified atom stereocenters. The van der Waals surface area contributed by atoms with Crippen LogP contribution < -0.4 is 19.5 Å². The summed E-state index contributed by atoms with van der Waals surface area (Å²) in [5, 5.41) is 3.52. The van der Waals surface area contributed by atoms with Crippen LogP contribution in [0.2, 0.25) is 18.1 Å². The zero-order valence-electron chi connectivity index (χ0n) is 26.5. The van der Waals surface area contributed by atoms with Gasteiger partial charge in [-0.3, -0.25) is 4.79 Å². The highest BCUT2D eigenvalue weighted by Gasteiger charge is 2.62. The summed E-state index contributed by atoms with van der Waals surface area (Å²) < 4.78 is 43.9. The fourth-order valence-electron chi connectivity index (χ4n) is 6.26. The molecule has 1 aliphatic carbocycles. The minimum absolute atomic E-state index is 0.00981. The number of hydrogen-bond donors (Lipinski definition) is 1. The van der Waals surface area contributed by atoms with Crippen molar-refractivity contribution in [3.05, 3.63) is 17.2 Å². The Kier molecular flexibility index (Phi) is 8.10. The monoisotopic (exact) mass is 606 g/mol. The van der Waals surface area contributed by atoms with Gasteiger partial charge in [0.05, 0.1) is 0 Å². The van der Waals surface area contributed by atoms with E-state index in [0.717, 1.165) is 11.1 Å². The van der Waals surface area contributed by atoms with Crippen molar-refractivity contribution in [1.29, 1.82) is 0 Å². The van der Waals surface area contributed by atoms with Crippen LogP contribution in [0.3, 0.4) is 0 Å². The van der Waals surface area contributed by atoms with Gasteiger partial charge in [-0.2, -0.15) is 0 Å². The highest BCUT2D eigenvalue weighted by Crippen LogP contribution is 2.54. The molecule has 5 rings (SSSR count). The first-order valence-corrected chi connectivity index (χ1v) is 17.9. The summed E-state index contributed by atoms with van der Waals surface area (Å²) in [5.41, 5.74) is 1.59. The molecule has 1 saturated heterocycles. The minimum Gasteiger partial charge on any atom is -0.459 e. The van der Waals surface area contributed by atoms with E-state index in [4.69, 9.17) is 32.8 Å². The summed E-state index contributed by atoms with van der Waals surface area (Å²) in [6.45, 7) is 21.3. The highest BCUT2D eigenvalue weighted by atomic mass is 28.4. The highest BCUT2D eigenvalue weighted by molar-refractivity contribution is 6.74. The summed E-state index contributed by atoms with van der Waals surface area (Å²) in [7, 11) is -2.38. The molecule has 11 nitrogen and oxygen atoms in total. The van der Waals surface area contributed by atoms with Crippen molar-refractivity contribution in [2.75, 3.05) is 19.9 Å². The summed E-state index contributed by atoms with van der Waals surface area (Å²) in [5.74, 6) is -0.500. The molecule has 0 radical (unpaired) electrons. The number of ether oxygens (including phenoxy) is 6. The first-order valence-electron chi connectivity index (χ1n) is 14.9. The molecule has 42 heavy (non-hydrogen) atoms. The van der Waals surface area contributed by atoms with Crippen molar-refractivity contribution in [3.8, 4) is 17.2 Å². The van der Waals surface area contributed by atoms with Gasteiger partial charge in [0.15, 0.2) is 25.6 Å². The van der Waals surface area contributed by atoms with Gasteiger partial charge in [-0.1, -0.05) is 20.8 Å². The molecule has 1 saturated carbocycles. The Morgan fingerprint density at radius 2 is 1.76 bits per heavy atom. The fraction of sp³-hybridized carbons (Fsp3) is 0.733. The molecule has 3 aliphatic heterocycles. The van der Waals surface area contributed by atoms with Crippen LogP contribution in [0.1, 0.15) is 72.4 Å². The average Bonchev–Trinajstić information content (AvgIpc) is 3.48. The smallest absolute Gasteiger partial charge is 0.415 e. The third kappa shape index (κ3) is 5.40. The molecule has 3 heterocycles. The van der Waals surface area contributed by atoms with E-state index in [1.807, 2.05) is 33.8 Å². The Hall–Kier alpha value is -2.38. The lowest BCUT2D eigenvalue weighted by molar-refractivity contribution is -0.173. The van der Waals surface area contributed by atoms with E-state index in [-0.39, 0.29) is 24.0 Å². The second-order valence-corrected chi connectivity index (χ2v) is 18.2. The van der Waals surface area contributed by atoms with E-state index in [9.17, 15) is 9.59 Å². The lowest BCUT2D eigenvalue weighted by Crippen LogP contribution is -2.67. The van der Waals surface area contributed by atoms with Crippen molar-refractivity contribution in [2.24, 2.45) is 0 Å². The SMILES string of the molecule is CCN(CC)C(=O)Oc1c2c(cc3c1OCO3)[C@H]1[C@@H](NC2)[C@@H]2OC(C)(C)O[C@@H]2[C@@H](O[Si](C)(C)C(C)(C)C)[C@@H]1OC(C)=O. The number of nitrogens with zero attached hydrogens (tertiary/aromatic N) is 1. The topological polar surface area (TPSA) is 114 Å². The average molecular weight is 607 g/mol. The second kappa shape index (κ2) is 11.0. The van der Waals surface area contributed by atoms with Crippen molar-refractivity contribution >= 4 is 20.4 Å². The van der Waals surface area contributed by atoms with Gasteiger partial charge in [-0.15, -0.1) is 0 Å². The van der Waals surface area contributed by atoms with E-state index in [1.54, 1.807) is 4.90 Å². The summed E-state index contributed by atoms with van der Waals surface area (Å²) in [6, 6.07) is 1.64. The van der Waals surface area contributed by atoms with Crippen LogP contribution in [0.25, 0.3) is 0 Å². The van der Waals surface area contributed by atoms with Crippen LogP contribution >= 0.6 is 0 Å². The van der Waals surface area contributed by atoms with Crippen LogP contribution in [0.5, 0.6) is 17.2 Å². The summed E-state index contributed by atoms with van der Waals surface area (Å²) in [6.07, 6.45) is -2.63. The molecule has 2 fully saturated rings. The number of rotatable bonds is 6. The molecule has 1 amide bonds. The van der Waals surface area contributed by atoms with Gasteiger partial charge in [-0.25, -0.2) is 4.79 Å². The Bertz CT molecular complexity index is 1230. The number of esters is 1. The standard InChI is InChI=1S/C30H46N2O9Si/c1-11-32(12-2)28(34)38-22-18-14-31-21-20(17(18)13-19-23(22)36-15-35-19)24(37-16(3)33)27(41-42(9,10)29(4,5)6)26-25(21)39-30(7,8)40-26/h13,20-21,24-27,31H,11-12,14-15H2,1-10H3/t20-,21+,24+,25-,26-,27-/m0/s1. The number of carbonyl (C=O) groups excluding carboxylic acids is 2. The first kappa shape index (κ1) is 31.1.